The van der Waals surface area contributed by atoms with Crippen LogP contribution in [0.5, 0.6) is 0 Å². The molecule has 1 aliphatic rings. The molecule has 0 radical (unpaired) electrons. The first-order valence-corrected chi connectivity index (χ1v) is 9.44. The molecule has 8 nitrogen and oxygen atoms in total. The third-order valence-corrected chi connectivity index (χ3v) is 4.91. The number of amides is 2. The number of aliphatic hydroxyl groups is 1. The van der Waals surface area contributed by atoms with E-state index in [2.05, 4.69) is 15.5 Å². The van der Waals surface area contributed by atoms with Crippen molar-refractivity contribution < 1.29 is 18.3 Å². The normalized spacial score (nSPS) is 19.0. The first-order valence-electron chi connectivity index (χ1n) is 7.89. The highest BCUT2D eigenvalue weighted by molar-refractivity contribution is 7.89. The molecule has 1 heterocycles. The van der Waals surface area contributed by atoms with Gasteiger partial charge in [-0.3, -0.25) is 0 Å². The number of aliphatic hydroxyl groups excluding tert-OH is 1. The molecular weight excluding hydrogens is 332 g/mol. The first kappa shape index (κ1) is 18.7. The molecule has 1 aliphatic heterocycles. The van der Waals surface area contributed by atoms with E-state index >= 15 is 0 Å². The zero-order chi connectivity index (χ0) is 17.6. The number of carbonyl (C=O) groups excluding carboxylic acids is 1. The molecule has 0 aromatic heterocycles. The molecule has 0 unspecified atom stereocenters. The minimum atomic E-state index is -3.80. The summed E-state index contributed by atoms with van der Waals surface area (Å²) in [5.41, 5.74) is 0.359. The summed E-state index contributed by atoms with van der Waals surface area (Å²) in [6, 6.07) is 5.37. The van der Waals surface area contributed by atoms with Crippen molar-refractivity contribution in [3.63, 3.8) is 0 Å². The Labute approximate surface area is 142 Å². The third kappa shape index (κ3) is 5.75. The summed E-state index contributed by atoms with van der Waals surface area (Å²) in [6.45, 7) is 3.19. The van der Waals surface area contributed by atoms with Crippen LogP contribution >= 0.6 is 0 Å². The Balaban J connectivity index is 1.77. The fourth-order valence-corrected chi connectivity index (χ4v) is 3.32. The maximum Gasteiger partial charge on any atom is 0.319 e. The molecule has 1 atom stereocenters. The van der Waals surface area contributed by atoms with E-state index < -0.39 is 16.1 Å². The van der Waals surface area contributed by atoms with E-state index in [0.29, 0.717) is 24.7 Å². The van der Waals surface area contributed by atoms with E-state index in [1.165, 1.54) is 18.2 Å². The van der Waals surface area contributed by atoms with Crippen molar-refractivity contribution in [1.82, 2.24) is 10.2 Å². The van der Waals surface area contributed by atoms with Gasteiger partial charge >= 0.3 is 6.03 Å². The minimum Gasteiger partial charge on any atom is -0.396 e. The quantitative estimate of drug-likeness (QED) is 0.578. The second-order valence-electron chi connectivity index (χ2n) is 5.95. The molecule has 1 aromatic carbocycles. The van der Waals surface area contributed by atoms with E-state index in [4.69, 9.17) is 5.14 Å². The van der Waals surface area contributed by atoms with Crippen LogP contribution < -0.4 is 15.8 Å². The Bertz CT molecular complexity index is 665. The Kier molecular flexibility index (Phi) is 6.55. The van der Waals surface area contributed by atoms with Gasteiger partial charge < -0.3 is 20.6 Å². The van der Waals surface area contributed by atoms with Crippen molar-refractivity contribution in [1.29, 1.82) is 0 Å². The van der Waals surface area contributed by atoms with Crippen LogP contribution in [0.3, 0.4) is 0 Å². The number of sulfonamides is 1. The van der Waals surface area contributed by atoms with Gasteiger partial charge in [0.1, 0.15) is 0 Å². The average Bonchev–Trinajstić information content (AvgIpc) is 2.54. The number of rotatable bonds is 6. The second kappa shape index (κ2) is 8.43. The van der Waals surface area contributed by atoms with E-state index in [9.17, 15) is 18.3 Å². The van der Waals surface area contributed by atoms with Crippen molar-refractivity contribution in [2.45, 2.75) is 17.7 Å². The number of nitrogens with zero attached hydrogens (tertiary/aromatic N) is 1. The van der Waals surface area contributed by atoms with E-state index in [1.54, 1.807) is 6.07 Å². The molecular formula is C15H24N4O4S. The van der Waals surface area contributed by atoms with Gasteiger partial charge in [0.2, 0.25) is 10.0 Å². The lowest BCUT2D eigenvalue weighted by Crippen LogP contribution is -2.42. The van der Waals surface area contributed by atoms with Crippen LogP contribution in [0.2, 0.25) is 0 Å². The van der Waals surface area contributed by atoms with Gasteiger partial charge in [-0.15, -0.1) is 0 Å². The number of hydrogen-bond donors (Lipinski definition) is 4. The van der Waals surface area contributed by atoms with Crippen molar-refractivity contribution >= 4 is 21.7 Å². The molecule has 0 spiro atoms. The van der Waals surface area contributed by atoms with Crippen molar-refractivity contribution in [3.8, 4) is 0 Å². The van der Waals surface area contributed by atoms with E-state index in [-0.39, 0.29) is 11.5 Å². The van der Waals surface area contributed by atoms with Crippen LogP contribution in [-0.4, -0.2) is 57.2 Å². The van der Waals surface area contributed by atoms with Crippen molar-refractivity contribution in [3.05, 3.63) is 24.3 Å². The van der Waals surface area contributed by atoms with Gasteiger partial charge in [-0.25, -0.2) is 18.4 Å². The van der Waals surface area contributed by atoms with Crippen LogP contribution in [0.15, 0.2) is 29.2 Å². The summed E-state index contributed by atoms with van der Waals surface area (Å²) in [5, 5.41) is 19.6. The first-order chi connectivity index (χ1) is 11.4. The van der Waals surface area contributed by atoms with Crippen molar-refractivity contribution in [2.75, 3.05) is 38.1 Å². The highest BCUT2D eigenvalue weighted by Crippen LogP contribution is 2.15. The largest absolute Gasteiger partial charge is 0.396 e. The number of primary sulfonamides is 1. The van der Waals surface area contributed by atoms with Gasteiger partial charge in [0.05, 0.1) is 4.90 Å². The van der Waals surface area contributed by atoms with Crippen LogP contribution in [0.25, 0.3) is 0 Å². The molecule has 134 valence electrons. The van der Waals surface area contributed by atoms with Crippen LogP contribution in [-0.2, 0) is 10.0 Å². The summed E-state index contributed by atoms with van der Waals surface area (Å²) in [5.74, 6) is 0.313. The second-order valence-corrected chi connectivity index (χ2v) is 7.51. The van der Waals surface area contributed by atoms with Gasteiger partial charge in [0, 0.05) is 31.9 Å². The number of urea groups is 1. The average molecular weight is 356 g/mol. The number of benzene rings is 1. The third-order valence-electron chi connectivity index (χ3n) is 4.00. The molecule has 0 saturated carbocycles. The van der Waals surface area contributed by atoms with Gasteiger partial charge in [0.15, 0.2) is 0 Å². The molecule has 2 amide bonds. The summed E-state index contributed by atoms with van der Waals surface area (Å²) in [4.78, 5) is 14.0. The van der Waals surface area contributed by atoms with Crippen molar-refractivity contribution in [2.24, 2.45) is 11.1 Å². The number of nitrogens with one attached hydrogen (secondary N) is 2. The molecule has 2 rings (SSSR count). The predicted octanol–water partition coefficient (Wildman–Crippen LogP) is 0.160. The summed E-state index contributed by atoms with van der Waals surface area (Å²) in [6.07, 6.45) is 2.10. The van der Waals surface area contributed by atoms with Crippen LogP contribution in [0, 0.1) is 5.92 Å². The monoisotopic (exact) mass is 356 g/mol. The van der Waals surface area contributed by atoms with Crippen LogP contribution in [0.1, 0.15) is 12.8 Å². The molecule has 0 aliphatic carbocycles. The summed E-state index contributed by atoms with van der Waals surface area (Å²) < 4.78 is 22.6. The lowest BCUT2D eigenvalue weighted by atomic mass is 9.99. The molecule has 0 bridgehead atoms. The molecule has 24 heavy (non-hydrogen) atoms. The maximum atomic E-state index is 11.9. The minimum absolute atomic E-state index is 0.0522. The van der Waals surface area contributed by atoms with Crippen LogP contribution in [0.4, 0.5) is 10.5 Å². The summed E-state index contributed by atoms with van der Waals surface area (Å²) in [7, 11) is -3.80. The predicted molar refractivity (Wildman–Crippen MR) is 91.1 cm³/mol. The standard InChI is InChI=1S/C15H24N4O4S/c16-24(22,23)14-5-1-4-13(9-14)18-15(21)17-6-8-19-7-2-3-12(10-19)11-20/h1,4-5,9,12,20H,2-3,6-8,10-11H2,(H2,16,22,23)(H2,17,18,21)/t12-/m1/s1. The molecule has 1 fully saturated rings. The number of piperidine rings is 1. The van der Waals surface area contributed by atoms with E-state index in [0.717, 1.165) is 25.9 Å². The zero-order valence-electron chi connectivity index (χ0n) is 13.4. The Morgan fingerprint density at radius 1 is 1.42 bits per heavy atom. The Morgan fingerprint density at radius 3 is 2.92 bits per heavy atom. The molecule has 1 aromatic rings. The smallest absolute Gasteiger partial charge is 0.319 e. The maximum absolute atomic E-state index is 11.9. The number of nitrogens with two attached hydrogens (primary N) is 1. The molecule has 5 N–H and O–H groups in total. The lowest BCUT2D eigenvalue weighted by molar-refractivity contribution is 0.121. The van der Waals surface area contributed by atoms with Gasteiger partial charge in [-0.2, -0.15) is 0 Å². The van der Waals surface area contributed by atoms with Gasteiger partial charge in [0.25, 0.3) is 0 Å². The highest BCUT2D eigenvalue weighted by Gasteiger charge is 2.18. The SMILES string of the molecule is NS(=O)(=O)c1cccc(NC(=O)NCCN2CCC[C@@H](CO)C2)c1. The van der Waals surface area contributed by atoms with Gasteiger partial charge in [-0.05, 0) is 43.5 Å². The molecule has 1 saturated heterocycles. The van der Waals surface area contributed by atoms with Gasteiger partial charge in [-0.1, -0.05) is 6.07 Å². The van der Waals surface area contributed by atoms with E-state index in [1.807, 2.05) is 0 Å². The summed E-state index contributed by atoms with van der Waals surface area (Å²) >= 11 is 0. The Morgan fingerprint density at radius 2 is 2.21 bits per heavy atom. The fourth-order valence-electron chi connectivity index (χ4n) is 2.76. The molecule has 9 heteroatoms. The number of carbonyl (C=O) groups is 1. The highest BCUT2D eigenvalue weighted by atomic mass is 32.2. The number of likely N-dealkylation sites (tertiary alicyclic amines) is 1. The topological polar surface area (TPSA) is 125 Å². The Hall–Kier alpha value is -1.68. The zero-order valence-corrected chi connectivity index (χ0v) is 14.3. The number of anilines is 1. The lowest BCUT2D eigenvalue weighted by Gasteiger charge is -2.31. The fraction of sp³-hybridized carbons (Fsp3) is 0.533. The number of hydrogen-bond acceptors (Lipinski definition) is 5.